The molecule has 216 valence electrons. The Morgan fingerprint density at radius 3 is 2.27 bits per heavy atom. The highest BCUT2D eigenvalue weighted by Gasteiger charge is 2.48. The monoisotopic (exact) mass is 610 g/mol. The van der Waals surface area contributed by atoms with Gasteiger partial charge in [0, 0.05) is 25.6 Å². The lowest BCUT2D eigenvalue weighted by Crippen LogP contribution is -2.63. The molecule has 0 radical (unpaired) electrons. The third-order valence-corrected chi connectivity index (χ3v) is 8.29. The third kappa shape index (κ3) is 6.38. The van der Waals surface area contributed by atoms with Crippen molar-refractivity contribution >= 4 is 65.1 Å². The largest absolute Gasteiger partial charge is 0.467 e. The number of rotatable bonds is 7. The number of halogens is 3. The van der Waals surface area contributed by atoms with Crippen LogP contribution < -0.4 is 10.2 Å². The lowest BCUT2D eigenvalue weighted by Gasteiger charge is -2.47. The van der Waals surface area contributed by atoms with Crippen molar-refractivity contribution in [2.75, 3.05) is 33.2 Å². The molecular weight excluding hydrogens is 579 g/mol. The van der Waals surface area contributed by atoms with Crippen LogP contribution in [0.4, 0.5) is 10.5 Å². The predicted octanol–water partition coefficient (Wildman–Crippen LogP) is 4.43. The van der Waals surface area contributed by atoms with E-state index in [0.29, 0.717) is 17.7 Å². The summed E-state index contributed by atoms with van der Waals surface area (Å²) in [5.41, 5.74) is 1.20. The Kier molecular flexibility index (Phi) is 10.5. The number of amides is 4. The molecule has 1 aliphatic carbocycles. The first kappa shape index (κ1) is 31.7. The number of esters is 1. The Labute approximate surface area is 250 Å². The summed E-state index contributed by atoms with van der Waals surface area (Å²) in [6.45, 7) is 0. The number of carbonyl (C=O) groups excluding carboxylic acids is 4. The minimum absolute atomic E-state index is 0. The van der Waals surface area contributed by atoms with Crippen LogP contribution in [-0.2, 0) is 20.7 Å². The quantitative estimate of drug-likeness (QED) is 0.466. The molecule has 1 heterocycles. The lowest BCUT2D eigenvalue weighted by molar-refractivity contribution is -0.142. The summed E-state index contributed by atoms with van der Waals surface area (Å²) in [7, 11) is 7.00. The fourth-order valence-corrected chi connectivity index (χ4v) is 5.99. The summed E-state index contributed by atoms with van der Waals surface area (Å²) in [6.07, 6.45) is 2.53. The van der Waals surface area contributed by atoms with Crippen molar-refractivity contribution in [3.8, 4) is 0 Å². The Balaban J connectivity index is 0.00000441. The maximum absolute atomic E-state index is 13.5. The molecule has 0 spiro atoms. The zero-order chi connectivity index (χ0) is 28.4. The highest BCUT2D eigenvalue weighted by atomic mass is 35.5. The average molecular weight is 612 g/mol. The van der Waals surface area contributed by atoms with E-state index in [1.165, 1.54) is 24.1 Å². The molecule has 1 N–H and O–H groups in total. The van der Waals surface area contributed by atoms with Gasteiger partial charge in [-0.3, -0.25) is 9.59 Å². The molecule has 4 rings (SSSR count). The van der Waals surface area contributed by atoms with Crippen LogP contribution in [0.25, 0.3) is 0 Å². The first-order chi connectivity index (χ1) is 18.5. The molecule has 12 heteroatoms. The summed E-state index contributed by atoms with van der Waals surface area (Å²) >= 11 is 12.3. The number of anilines is 1. The van der Waals surface area contributed by atoms with E-state index in [-0.39, 0.29) is 64.4 Å². The predicted molar refractivity (Wildman–Crippen MR) is 156 cm³/mol. The molecule has 0 aromatic heterocycles. The van der Waals surface area contributed by atoms with Gasteiger partial charge in [-0.05, 0) is 63.2 Å². The minimum atomic E-state index is -1.02. The number of imide groups is 1. The fraction of sp³-hybridized carbons (Fsp3) is 0.429. The van der Waals surface area contributed by atoms with Crippen LogP contribution in [-0.4, -0.2) is 80.0 Å². The van der Waals surface area contributed by atoms with Gasteiger partial charge in [-0.15, -0.1) is 12.4 Å². The van der Waals surface area contributed by atoms with E-state index in [1.54, 1.807) is 42.3 Å². The van der Waals surface area contributed by atoms with Gasteiger partial charge < -0.3 is 19.9 Å². The number of ether oxygens (including phenoxy) is 1. The van der Waals surface area contributed by atoms with Crippen LogP contribution in [0.2, 0.25) is 10.0 Å². The van der Waals surface area contributed by atoms with Gasteiger partial charge in [-0.1, -0.05) is 41.4 Å². The molecule has 1 aliphatic heterocycles. The van der Waals surface area contributed by atoms with Gasteiger partial charge in [0.15, 0.2) is 0 Å². The van der Waals surface area contributed by atoms with Crippen molar-refractivity contribution in [2.24, 2.45) is 5.92 Å². The highest BCUT2D eigenvalue weighted by molar-refractivity contribution is 6.39. The Morgan fingerprint density at radius 1 is 1.07 bits per heavy atom. The van der Waals surface area contributed by atoms with Gasteiger partial charge in [-0.2, -0.15) is 0 Å². The smallest absolute Gasteiger partial charge is 0.331 e. The highest BCUT2D eigenvalue weighted by Crippen LogP contribution is 2.37. The van der Waals surface area contributed by atoms with Crippen molar-refractivity contribution < 1.29 is 23.9 Å². The van der Waals surface area contributed by atoms with Crippen molar-refractivity contribution in [3.05, 3.63) is 63.6 Å². The maximum atomic E-state index is 13.5. The molecule has 1 saturated carbocycles. The third-order valence-electron chi connectivity index (χ3n) is 7.66. The summed E-state index contributed by atoms with van der Waals surface area (Å²) in [5.74, 6) is -1.72. The molecule has 2 aromatic rings. The number of carbonyl (C=O) groups is 4. The van der Waals surface area contributed by atoms with Crippen molar-refractivity contribution in [2.45, 2.75) is 43.8 Å². The Bertz CT molecular complexity index is 1250. The number of fused-ring (bicyclic) bond motifs is 1. The van der Waals surface area contributed by atoms with Crippen molar-refractivity contribution in [3.63, 3.8) is 0 Å². The molecular formula is C28H33Cl3N4O5. The first-order valence-corrected chi connectivity index (χ1v) is 13.5. The molecule has 4 amide bonds. The van der Waals surface area contributed by atoms with E-state index >= 15 is 0 Å². The fourth-order valence-electron chi connectivity index (χ4n) is 5.43. The van der Waals surface area contributed by atoms with E-state index in [0.717, 1.165) is 12.8 Å². The van der Waals surface area contributed by atoms with Gasteiger partial charge in [0.05, 0.1) is 34.3 Å². The first-order valence-electron chi connectivity index (χ1n) is 12.7. The molecule has 4 atom stereocenters. The molecule has 1 saturated heterocycles. The Hall–Kier alpha value is -2.85. The lowest BCUT2D eigenvalue weighted by atomic mass is 9.78. The number of methoxy groups -OCH3 is 1. The van der Waals surface area contributed by atoms with Crippen molar-refractivity contribution in [1.82, 2.24) is 15.1 Å². The summed E-state index contributed by atoms with van der Waals surface area (Å²) < 4.78 is 4.89. The van der Waals surface area contributed by atoms with Crippen LogP contribution in [0.5, 0.6) is 0 Å². The van der Waals surface area contributed by atoms with Gasteiger partial charge in [0.2, 0.25) is 5.91 Å². The van der Waals surface area contributed by atoms with E-state index in [2.05, 4.69) is 10.2 Å². The number of hydrogen-bond acceptors (Lipinski definition) is 6. The second kappa shape index (κ2) is 13.2. The SMILES string of the molecule is COC(=O)[C@H](Cc1ccc(N2C(=O)C3CC(N(C)C)CCC3N(C)C2=O)cc1)NC(=O)c1c(Cl)cccc1Cl.Cl. The standard InChI is InChI=1S/C28H32Cl2N4O5.ClH/c1-32(2)18-12-13-23-19(15-18)26(36)34(28(38)33(23)3)17-10-8-16(9-11-17)14-22(27(37)39-4)31-25(35)24-20(29)6-5-7-21(24)30;/h5-11,18-19,22-23H,12-15H2,1-4H3,(H,31,35);1H/t18?,19?,22-,23?;/m0./s1. The topological polar surface area (TPSA) is 99.3 Å². The van der Waals surface area contributed by atoms with Crippen molar-refractivity contribution in [1.29, 1.82) is 0 Å². The van der Waals surface area contributed by atoms with E-state index in [1.807, 2.05) is 14.1 Å². The van der Waals surface area contributed by atoms with Crippen LogP contribution in [0.1, 0.15) is 35.2 Å². The number of nitrogens with one attached hydrogen (secondary N) is 1. The summed E-state index contributed by atoms with van der Waals surface area (Å²) in [6, 6.07) is 10.3. The number of hydrogen-bond donors (Lipinski definition) is 1. The van der Waals surface area contributed by atoms with E-state index < -0.39 is 17.9 Å². The van der Waals surface area contributed by atoms with Crippen LogP contribution in [0.15, 0.2) is 42.5 Å². The number of urea groups is 1. The van der Waals surface area contributed by atoms with Gasteiger partial charge in [0.25, 0.3) is 5.91 Å². The zero-order valence-corrected chi connectivity index (χ0v) is 25.1. The average Bonchev–Trinajstić information content (AvgIpc) is 2.91. The second-order valence-electron chi connectivity index (χ2n) is 10.2. The molecule has 40 heavy (non-hydrogen) atoms. The molecule has 2 aliphatic rings. The number of nitrogens with zero attached hydrogens (tertiary/aromatic N) is 3. The molecule has 9 nitrogen and oxygen atoms in total. The maximum Gasteiger partial charge on any atom is 0.331 e. The van der Waals surface area contributed by atoms with Gasteiger partial charge in [0.1, 0.15) is 6.04 Å². The van der Waals surface area contributed by atoms with Crippen LogP contribution in [0.3, 0.4) is 0 Å². The molecule has 3 unspecified atom stereocenters. The second-order valence-corrected chi connectivity index (χ2v) is 11.0. The normalized spacial score (nSPS) is 21.4. The van der Waals surface area contributed by atoms with Gasteiger partial charge >= 0.3 is 12.0 Å². The van der Waals surface area contributed by atoms with Gasteiger partial charge in [-0.25, -0.2) is 14.5 Å². The molecule has 2 fully saturated rings. The van der Waals surface area contributed by atoms with E-state index in [4.69, 9.17) is 27.9 Å². The minimum Gasteiger partial charge on any atom is -0.467 e. The summed E-state index contributed by atoms with van der Waals surface area (Å²) in [4.78, 5) is 57.1. The van der Waals surface area contributed by atoms with E-state index in [9.17, 15) is 19.2 Å². The Morgan fingerprint density at radius 2 is 1.70 bits per heavy atom. The zero-order valence-electron chi connectivity index (χ0n) is 22.7. The molecule has 0 bridgehead atoms. The molecule has 2 aromatic carbocycles. The number of benzene rings is 2. The van der Waals surface area contributed by atoms with Crippen LogP contribution >= 0.6 is 35.6 Å². The summed E-state index contributed by atoms with van der Waals surface area (Å²) in [5, 5.41) is 2.96. The van der Waals surface area contributed by atoms with Crippen LogP contribution in [0, 0.1) is 5.92 Å².